The van der Waals surface area contributed by atoms with Crippen LogP contribution in [0.25, 0.3) is 21.5 Å². The first-order chi connectivity index (χ1) is 24.1. The van der Waals surface area contributed by atoms with Gasteiger partial charge >= 0.3 is 6.09 Å². The third kappa shape index (κ3) is 6.17. The van der Waals surface area contributed by atoms with E-state index in [1.54, 1.807) is 41.1 Å². The first-order valence-electron chi connectivity index (χ1n) is 16.1. The quantitative estimate of drug-likeness (QED) is 0.0959. The summed E-state index contributed by atoms with van der Waals surface area (Å²) in [4.78, 5) is 47.0. The molecule has 2 aliphatic rings. The number of hydrogen-bond acceptors (Lipinski definition) is 7. The molecule has 50 heavy (non-hydrogen) atoms. The van der Waals surface area contributed by atoms with E-state index in [-0.39, 0.29) is 35.3 Å². The van der Waals surface area contributed by atoms with Gasteiger partial charge in [0, 0.05) is 103 Å². The van der Waals surface area contributed by atoms with Gasteiger partial charge in [0.2, 0.25) is 0 Å². The number of fused-ring (bicyclic) bond motifs is 6. The number of benzene rings is 4. The molecule has 3 amide bonds. The van der Waals surface area contributed by atoms with Crippen LogP contribution >= 0.6 is 57.4 Å². The Labute approximate surface area is 317 Å². The van der Waals surface area contributed by atoms with Gasteiger partial charge in [0.1, 0.15) is 11.5 Å². The van der Waals surface area contributed by atoms with Crippen molar-refractivity contribution < 1.29 is 24.2 Å². The number of phenols is 1. The predicted octanol–water partition coefficient (Wildman–Crippen LogP) is 8.44. The highest BCUT2D eigenvalue weighted by Crippen LogP contribution is 2.48. The summed E-state index contributed by atoms with van der Waals surface area (Å²) < 4.78 is 7.90. The average Bonchev–Trinajstić information content (AvgIpc) is 3.86. The molecular formula is C37H33Cl2IN4O5S. The van der Waals surface area contributed by atoms with Gasteiger partial charge in [-0.3, -0.25) is 9.59 Å². The van der Waals surface area contributed by atoms with Gasteiger partial charge in [-0.15, -0.1) is 34.5 Å². The summed E-state index contributed by atoms with van der Waals surface area (Å²) in [6, 6.07) is 21.9. The van der Waals surface area contributed by atoms with Crippen molar-refractivity contribution in [2.24, 2.45) is 0 Å². The Morgan fingerprint density at radius 3 is 1.84 bits per heavy atom. The fraction of sp³-hybridized carbons (Fsp3) is 0.270. The summed E-state index contributed by atoms with van der Waals surface area (Å²) in [5, 5.41) is 14.0. The highest BCUT2D eigenvalue weighted by atomic mass is 127. The first-order valence-corrected chi connectivity index (χ1v) is 18.9. The molecule has 0 spiro atoms. The largest absolute Gasteiger partial charge is 0.507 e. The molecule has 258 valence electrons. The van der Waals surface area contributed by atoms with Crippen LogP contribution in [0.5, 0.6) is 11.5 Å². The van der Waals surface area contributed by atoms with Gasteiger partial charge in [-0.25, -0.2) is 7.91 Å². The number of amides is 3. The lowest BCUT2D eigenvalue weighted by atomic mass is 9.95. The van der Waals surface area contributed by atoms with Crippen molar-refractivity contribution in [3.05, 3.63) is 93.7 Å². The molecule has 13 heteroatoms. The van der Waals surface area contributed by atoms with Crippen molar-refractivity contribution in [1.29, 1.82) is 0 Å². The van der Waals surface area contributed by atoms with Crippen LogP contribution < -0.4 is 14.5 Å². The standard InChI is InChI=1S/C37H33Cl2IN4O5S/c1-41(13-14-42(2)40)37(48)49-30-16-28-34(26-10-6-4-8-24(26)30)22(18-39)20-44(28)36(47)32-12-11-31(50-32)35(46)43-19-21(17-38)33-25-9-5-3-7-23(25)29(45)15-27(33)43/h3-12,15-16,21-22,45H,13-14,17-20H2,1-2H3/t21-,22-/m1/s1. The molecule has 1 aromatic heterocycles. The van der Waals surface area contributed by atoms with E-state index in [2.05, 4.69) is 22.9 Å². The van der Waals surface area contributed by atoms with Crippen molar-refractivity contribution in [3.8, 4) is 11.5 Å². The number of hydrogen-bond donors (Lipinski definition) is 1. The first kappa shape index (κ1) is 34.8. The molecule has 0 radical (unpaired) electrons. The lowest BCUT2D eigenvalue weighted by Gasteiger charge is -2.21. The molecule has 0 saturated heterocycles. The fourth-order valence-electron chi connectivity index (χ4n) is 6.95. The average molecular weight is 844 g/mol. The Kier molecular flexibility index (Phi) is 9.88. The number of phenolic OH excluding ortho intramolecular Hbond substituents is 1. The number of halogens is 3. The Balaban J connectivity index is 1.20. The number of nitrogens with zero attached hydrogens (tertiary/aromatic N) is 4. The normalized spacial score (nSPS) is 16.7. The number of thiophene rings is 1. The van der Waals surface area contributed by atoms with Crippen LogP contribution in [0, 0.1) is 0 Å². The number of ether oxygens (including phenoxy) is 1. The zero-order valence-corrected chi connectivity index (χ0v) is 31.7. The van der Waals surface area contributed by atoms with E-state index in [0.717, 1.165) is 38.6 Å². The second-order valence-corrected chi connectivity index (χ2v) is 15.9. The summed E-state index contributed by atoms with van der Waals surface area (Å²) in [5.74, 6) is 0.245. The van der Waals surface area contributed by atoms with Crippen LogP contribution in [-0.2, 0) is 0 Å². The fourth-order valence-corrected chi connectivity index (χ4v) is 8.57. The van der Waals surface area contributed by atoms with Gasteiger partial charge in [0.05, 0.1) is 21.1 Å². The minimum atomic E-state index is -0.499. The third-order valence-corrected chi connectivity index (χ3v) is 11.7. The molecule has 1 N–H and O–H groups in total. The molecule has 4 aromatic carbocycles. The molecule has 2 atom stereocenters. The summed E-state index contributed by atoms with van der Waals surface area (Å²) in [5.41, 5.74) is 3.10. The molecule has 9 nitrogen and oxygen atoms in total. The lowest BCUT2D eigenvalue weighted by Crippen LogP contribution is -2.34. The van der Waals surface area contributed by atoms with E-state index >= 15 is 0 Å². The van der Waals surface area contributed by atoms with Gasteiger partial charge in [-0.1, -0.05) is 48.5 Å². The molecule has 0 bridgehead atoms. The maximum atomic E-state index is 14.2. The topological polar surface area (TPSA) is 93.6 Å². The van der Waals surface area contributed by atoms with Gasteiger partial charge in [-0.05, 0) is 41.1 Å². The zero-order chi connectivity index (χ0) is 35.3. The summed E-state index contributed by atoms with van der Waals surface area (Å²) in [6.07, 6.45) is -0.499. The van der Waals surface area contributed by atoms with Gasteiger partial charge in [-0.2, -0.15) is 0 Å². The molecule has 0 aliphatic carbocycles. The SMILES string of the molecule is CN(I)CCN(C)C(=O)Oc1cc2c(c3ccccc13)[C@H](CCl)CN2C(=O)c1ccc(C(=O)N2C[C@@H](CCl)c3c2cc(O)c2ccccc32)s1. The molecule has 0 saturated carbocycles. The van der Waals surface area contributed by atoms with E-state index in [1.165, 1.54) is 4.90 Å². The molecular weight excluding hydrogens is 810 g/mol. The van der Waals surface area contributed by atoms with Gasteiger partial charge in [0.25, 0.3) is 11.8 Å². The van der Waals surface area contributed by atoms with Crippen LogP contribution in [0.15, 0.2) is 72.8 Å². The number of alkyl halides is 2. The molecule has 5 aromatic rings. The minimum absolute atomic E-state index is 0.0911. The number of carbonyl (C=O) groups is 3. The monoisotopic (exact) mass is 842 g/mol. The summed E-state index contributed by atoms with van der Waals surface area (Å²) >= 11 is 16.2. The molecule has 3 heterocycles. The van der Waals surface area contributed by atoms with Crippen LogP contribution in [0.1, 0.15) is 42.3 Å². The van der Waals surface area contributed by atoms with Crippen LogP contribution in [0.4, 0.5) is 16.2 Å². The third-order valence-electron chi connectivity index (χ3n) is 9.42. The molecule has 0 unspecified atom stereocenters. The number of carbonyl (C=O) groups excluding carboxylic acids is 3. The molecule has 0 fully saturated rings. The second-order valence-electron chi connectivity index (χ2n) is 12.5. The van der Waals surface area contributed by atoms with Crippen molar-refractivity contribution in [2.75, 3.05) is 61.8 Å². The Bertz CT molecular complexity index is 2160. The second kappa shape index (κ2) is 14.2. The van der Waals surface area contributed by atoms with Crippen molar-refractivity contribution in [2.45, 2.75) is 11.8 Å². The zero-order valence-electron chi connectivity index (χ0n) is 27.2. The smallest absolute Gasteiger partial charge is 0.415 e. The maximum Gasteiger partial charge on any atom is 0.415 e. The van der Waals surface area contributed by atoms with Crippen LogP contribution in [-0.4, -0.2) is 83.1 Å². The van der Waals surface area contributed by atoms with Gasteiger partial charge < -0.3 is 24.5 Å². The lowest BCUT2D eigenvalue weighted by molar-refractivity contribution is 0.0986. The van der Waals surface area contributed by atoms with Crippen molar-refractivity contribution >= 4 is 108 Å². The summed E-state index contributed by atoms with van der Waals surface area (Å²) in [7, 11) is 3.61. The van der Waals surface area contributed by atoms with E-state index < -0.39 is 6.09 Å². The van der Waals surface area contributed by atoms with Crippen molar-refractivity contribution in [1.82, 2.24) is 8.01 Å². The van der Waals surface area contributed by atoms with E-state index in [1.807, 2.05) is 58.7 Å². The Morgan fingerprint density at radius 1 is 0.800 bits per heavy atom. The highest BCUT2D eigenvalue weighted by molar-refractivity contribution is 14.1. The molecule has 2 aliphatic heterocycles. The number of rotatable bonds is 8. The maximum absolute atomic E-state index is 14.2. The Hall–Kier alpha value is -3.62. The van der Waals surface area contributed by atoms with E-state index in [0.29, 0.717) is 64.3 Å². The number of anilines is 2. The number of likely N-dealkylation sites (N-methyl/N-ethyl adjacent to an activating group) is 2. The van der Waals surface area contributed by atoms with Crippen LogP contribution in [0.2, 0.25) is 0 Å². The van der Waals surface area contributed by atoms with Crippen LogP contribution in [0.3, 0.4) is 0 Å². The van der Waals surface area contributed by atoms with Crippen molar-refractivity contribution in [3.63, 3.8) is 0 Å². The van der Waals surface area contributed by atoms with E-state index in [9.17, 15) is 19.5 Å². The summed E-state index contributed by atoms with van der Waals surface area (Å²) in [6.45, 7) is 1.85. The number of aromatic hydroxyl groups is 1. The predicted molar refractivity (Wildman–Crippen MR) is 209 cm³/mol. The van der Waals surface area contributed by atoms with Gasteiger partial charge in [0.15, 0.2) is 0 Å². The van der Waals surface area contributed by atoms with E-state index in [4.69, 9.17) is 27.9 Å². The highest BCUT2D eigenvalue weighted by Gasteiger charge is 2.38. The minimum Gasteiger partial charge on any atom is -0.507 e. The molecule has 7 rings (SSSR count). The Morgan fingerprint density at radius 2 is 1.30 bits per heavy atom.